The van der Waals surface area contributed by atoms with Crippen LogP contribution in [0.25, 0.3) is 11.2 Å². The minimum atomic E-state index is -0.123. The molecule has 1 atom stereocenters. The molecule has 1 spiro atoms. The molecule has 140 valence electrons. The van der Waals surface area contributed by atoms with Crippen LogP contribution in [0.5, 0.6) is 0 Å². The van der Waals surface area contributed by atoms with E-state index in [-0.39, 0.29) is 17.6 Å². The van der Waals surface area contributed by atoms with E-state index in [1.807, 2.05) is 4.90 Å². The van der Waals surface area contributed by atoms with Gasteiger partial charge in [-0.25, -0.2) is 15.0 Å². The molecule has 0 aliphatic carbocycles. The van der Waals surface area contributed by atoms with Crippen LogP contribution in [0.15, 0.2) is 12.7 Å². The van der Waals surface area contributed by atoms with E-state index >= 15 is 0 Å². The first-order valence-corrected chi connectivity index (χ1v) is 9.42. The summed E-state index contributed by atoms with van der Waals surface area (Å²) in [5.41, 5.74) is 1.46. The van der Waals surface area contributed by atoms with Gasteiger partial charge in [0, 0.05) is 39.2 Å². The molecular formula is C18H26N6O2. The Balaban J connectivity index is 1.47. The maximum atomic E-state index is 11.9. The largest absolute Gasteiger partial charge is 0.375 e. The number of hydrogen-bond donors (Lipinski definition) is 1. The number of rotatable bonds is 3. The van der Waals surface area contributed by atoms with E-state index in [9.17, 15) is 4.79 Å². The molecule has 8 nitrogen and oxygen atoms in total. The van der Waals surface area contributed by atoms with Gasteiger partial charge in [-0.1, -0.05) is 0 Å². The van der Waals surface area contributed by atoms with Gasteiger partial charge in [-0.05, 0) is 32.6 Å². The van der Waals surface area contributed by atoms with E-state index in [2.05, 4.69) is 31.8 Å². The summed E-state index contributed by atoms with van der Waals surface area (Å²) in [4.78, 5) is 32.2. The third-order valence-electron chi connectivity index (χ3n) is 5.83. The number of carbonyl (C=O) groups excluding carboxylic acids is 1. The summed E-state index contributed by atoms with van der Waals surface area (Å²) >= 11 is 0. The Labute approximate surface area is 153 Å². The van der Waals surface area contributed by atoms with Gasteiger partial charge < -0.3 is 19.5 Å². The van der Waals surface area contributed by atoms with E-state index in [1.165, 1.54) is 0 Å². The van der Waals surface area contributed by atoms with Crippen LogP contribution in [-0.4, -0.2) is 68.6 Å². The summed E-state index contributed by atoms with van der Waals surface area (Å²) in [5, 5.41) is 0. The van der Waals surface area contributed by atoms with Crippen molar-refractivity contribution in [2.24, 2.45) is 0 Å². The number of carbonyl (C=O) groups is 1. The Morgan fingerprint density at radius 2 is 2.19 bits per heavy atom. The molecule has 2 fully saturated rings. The fourth-order valence-electron chi connectivity index (χ4n) is 4.47. The molecule has 8 heteroatoms. The average Bonchev–Trinajstić information content (AvgIpc) is 3.12. The number of nitrogens with zero attached hydrogens (tertiary/aromatic N) is 5. The number of H-pyrrole nitrogens is 1. The zero-order valence-corrected chi connectivity index (χ0v) is 15.4. The van der Waals surface area contributed by atoms with E-state index in [0.717, 1.165) is 63.3 Å². The molecule has 2 aromatic rings. The van der Waals surface area contributed by atoms with Crippen LogP contribution in [0.2, 0.25) is 0 Å². The number of aromatic nitrogens is 4. The van der Waals surface area contributed by atoms with Gasteiger partial charge in [-0.3, -0.25) is 4.79 Å². The van der Waals surface area contributed by atoms with Crippen LogP contribution in [-0.2, 0) is 9.53 Å². The molecule has 2 aliphatic heterocycles. The van der Waals surface area contributed by atoms with Crippen molar-refractivity contribution < 1.29 is 9.53 Å². The quantitative estimate of drug-likeness (QED) is 0.899. The smallest absolute Gasteiger partial charge is 0.219 e. The lowest BCUT2D eigenvalue weighted by atomic mass is 9.81. The number of fused-ring (bicyclic) bond motifs is 1. The minimum Gasteiger partial charge on any atom is -0.375 e. The normalized spacial score (nSPS) is 22.7. The summed E-state index contributed by atoms with van der Waals surface area (Å²) in [6.07, 6.45) is 6.97. The molecule has 0 saturated carbocycles. The summed E-state index contributed by atoms with van der Waals surface area (Å²) in [5.74, 6) is 1.07. The standard InChI is InChI=1S/C18H26N6O2/c1-3-24(13(2)25)14-4-9-26-18(10-14)5-7-23(8-6-18)17-15-16(20-11-19-15)21-12-22-17/h11-12,14H,3-10H2,1-2H3,(H,19,20,21,22). The topological polar surface area (TPSA) is 87.2 Å². The zero-order chi connectivity index (χ0) is 18.1. The summed E-state index contributed by atoms with van der Waals surface area (Å²) in [6.45, 7) is 6.97. The van der Waals surface area contributed by atoms with Crippen LogP contribution in [0.3, 0.4) is 0 Å². The van der Waals surface area contributed by atoms with Gasteiger partial charge in [-0.15, -0.1) is 0 Å². The first-order valence-electron chi connectivity index (χ1n) is 9.42. The van der Waals surface area contributed by atoms with Crippen LogP contribution in [0.1, 0.15) is 39.5 Å². The van der Waals surface area contributed by atoms with Gasteiger partial charge >= 0.3 is 0 Å². The number of nitrogens with one attached hydrogen (secondary N) is 1. The molecular weight excluding hydrogens is 332 g/mol. The number of ether oxygens (including phenoxy) is 1. The Bertz CT molecular complexity index is 783. The van der Waals surface area contributed by atoms with Gasteiger partial charge in [0.05, 0.1) is 11.9 Å². The van der Waals surface area contributed by atoms with Crippen LogP contribution < -0.4 is 4.90 Å². The second-order valence-corrected chi connectivity index (χ2v) is 7.27. The highest BCUT2D eigenvalue weighted by atomic mass is 16.5. The van der Waals surface area contributed by atoms with Gasteiger partial charge in [0.25, 0.3) is 0 Å². The second kappa shape index (κ2) is 6.83. The van der Waals surface area contributed by atoms with Crippen LogP contribution in [0, 0.1) is 0 Å². The van der Waals surface area contributed by atoms with Crippen molar-refractivity contribution in [2.75, 3.05) is 31.1 Å². The number of imidazole rings is 1. The Morgan fingerprint density at radius 3 is 2.92 bits per heavy atom. The molecule has 26 heavy (non-hydrogen) atoms. The van der Waals surface area contributed by atoms with Crippen LogP contribution >= 0.6 is 0 Å². The van der Waals surface area contributed by atoms with Gasteiger partial charge in [0.15, 0.2) is 11.5 Å². The van der Waals surface area contributed by atoms with E-state index in [0.29, 0.717) is 5.65 Å². The lowest BCUT2D eigenvalue weighted by Crippen LogP contribution is -2.54. The highest BCUT2D eigenvalue weighted by Crippen LogP contribution is 2.38. The molecule has 4 heterocycles. The molecule has 4 rings (SSSR count). The fourth-order valence-corrected chi connectivity index (χ4v) is 4.47. The van der Waals surface area contributed by atoms with E-state index in [4.69, 9.17) is 4.74 Å². The zero-order valence-electron chi connectivity index (χ0n) is 15.4. The van der Waals surface area contributed by atoms with E-state index in [1.54, 1.807) is 19.6 Å². The van der Waals surface area contributed by atoms with Crippen molar-refractivity contribution in [1.82, 2.24) is 24.8 Å². The SMILES string of the molecule is CCN(C(C)=O)C1CCOC2(CCN(c3ncnc4nc[nH]c34)CC2)C1. The molecule has 2 saturated heterocycles. The Hall–Kier alpha value is -2.22. The third kappa shape index (κ3) is 3.02. The molecule has 0 bridgehead atoms. The maximum Gasteiger partial charge on any atom is 0.219 e. The first-order chi connectivity index (χ1) is 12.6. The van der Waals surface area contributed by atoms with Crippen molar-refractivity contribution in [3.05, 3.63) is 12.7 Å². The molecule has 2 aliphatic rings. The molecule has 1 amide bonds. The monoisotopic (exact) mass is 358 g/mol. The first kappa shape index (κ1) is 17.2. The number of hydrogen-bond acceptors (Lipinski definition) is 6. The van der Waals surface area contributed by atoms with Crippen molar-refractivity contribution in [3.63, 3.8) is 0 Å². The van der Waals surface area contributed by atoms with Crippen molar-refractivity contribution >= 4 is 22.9 Å². The lowest BCUT2D eigenvalue weighted by molar-refractivity contribution is -0.143. The minimum absolute atomic E-state index is 0.123. The lowest BCUT2D eigenvalue weighted by Gasteiger charge is -2.48. The van der Waals surface area contributed by atoms with Crippen LogP contribution in [0.4, 0.5) is 5.82 Å². The van der Waals surface area contributed by atoms with Gasteiger partial charge in [0.1, 0.15) is 11.8 Å². The predicted molar refractivity (Wildman–Crippen MR) is 97.9 cm³/mol. The number of amides is 1. The highest BCUT2D eigenvalue weighted by molar-refractivity contribution is 5.82. The summed E-state index contributed by atoms with van der Waals surface area (Å²) < 4.78 is 6.25. The Kier molecular flexibility index (Phi) is 4.52. The molecule has 0 aromatic carbocycles. The predicted octanol–water partition coefficient (Wildman–Crippen LogP) is 1.74. The number of aromatic amines is 1. The van der Waals surface area contributed by atoms with E-state index < -0.39 is 0 Å². The van der Waals surface area contributed by atoms with Gasteiger partial charge in [-0.2, -0.15) is 0 Å². The summed E-state index contributed by atoms with van der Waals surface area (Å²) in [6, 6.07) is 0.288. The Morgan fingerprint density at radius 1 is 1.38 bits per heavy atom. The molecule has 1 unspecified atom stereocenters. The molecule has 1 N–H and O–H groups in total. The molecule has 2 aromatic heterocycles. The maximum absolute atomic E-state index is 11.9. The molecule has 0 radical (unpaired) electrons. The number of piperidine rings is 1. The van der Waals surface area contributed by atoms with Crippen molar-refractivity contribution in [3.8, 4) is 0 Å². The van der Waals surface area contributed by atoms with Gasteiger partial charge in [0.2, 0.25) is 5.91 Å². The van der Waals surface area contributed by atoms with Crippen molar-refractivity contribution in [2.45, 2.75) is 51.2 Å². The second-order valence-electron chi connectivity index (χ2n) is 7.27. The third-order valence-corrected chi connectivity index (χ3v) is 5.83. The fraction of sp³-hybridized carbons (Fsp3) is 0.667. The number of anilines is 1. The summed E-state index contributed by atoms with van der Waals surface area (Å²) in [7, 11) is 0. The van der Waals surface area contributed by atoms with Crippen molar-refractivity contribution in [1.29, 1.82) is 0 Å². The average molecular weight is 358 g/mol. The highest BCUT2D eigenvalue weighted by Gasteiger charge is 2.42.